The lowest BCUT2D eigenvalue weighted by molar-refractivity contribution is 0.146. The Morgan fingerprint density at radius 1 is 1.14 bits per heavy atom. The minimum Gasteiger partial charge on any atom is -0.291 e. The van der Waals surface area contributed by atoms with Crippen LogP contribution in [0.15, 0.2) is 48.9 Å². The Labute approximate surface area is 169 Å². The molecule has 0 aliphatic carbocycles. The molecule has 6 nitrogen and oxygen atoms in total. The molecule has 0 aliphatic heterocycles. The molecule has 0 unspecified atom stereocenters. The zero-order valence-electron chi connectivity index (χ0n) is 15.4. The van der Waals surface area contributed by atoms with E-state index in [9.17, 15) is 17.9 Å². The smallest absolute Gasteiger partial charge is 0.280 e. The molecule has 4 heterocycles. The number of hydrogen-bond acceptors (Lipinski definition) is 5. The summed E-state index contributed by atoms with van der Waals surface area (Å²) in [6, 6.07) is 9.65. The SMILES string of the molecule is CC.N#Cc1cnc2ccc(-c3cn(SF)nc3-c3cccc(C(F)F)n3)cn12. The molecule has 0 bridgehead atoms. The third kappa shape index (κ3) is 3.95. The van der Waals surface area contributed by atoms with Gasteiger partial charge in [0.25, 0.3) is 6.43 Å². The van der Waals surface area contributed by atoms with Crippen LogP contribution in [0.4, 0.5) is 12.7 Å². The van der Waals surface area contributed by atoms with Crippen molar-refractivity contribution in [3.8, 4) is 28.6 Å². The van der Waals surface area contributed by atoms with E-state index in [4.69, 9.17) is 0 Å². The first-order chi connectivity index (χ1) is 14.1. The third-order valence-electron chi connectivity index (χ3n) is 3.93. The van der Waals surface area contributed by atoms with E-state index in [0.29, 0.717) is 22.5 Å². The summed E-state index contributed by atoms with van der Waals surface area (Å²) in [6.07, 6.45) is 1.80. The van der Waals surface area contributed by atoms with Gasteiger partial charge in [-0.05, 0) is 24.3 Å². The lowest BCUT2D eigenvalue weighted by Crippen LogP contribution is -1.95. The predicted octanol–water partition coefficient (Wildman–Crippen LogP) is 5.48. The molecule has 4 rings (SSSR count). The van der Waals surface area contributed by atoms with Gasteiger partial charge in [0.2, 0.25) is 0 Å². The number of nitriles is 1. The van der Waals surface area contributed by atoms with E-state index < -0.39 is 12.1 Å². The number of alkyl halides is 2. The Bertz CT molecular complexity index is 1180. The summed E-state index contributed by atoms with van der Waals surface area (Å²) in [5.41, 5.74) is 2.05. The van der Waals surface area contributed by atoms with Gasteiger partial charge in [-0.15, -0.1) is 3.89 Å². The molecule has 0 saturated carbocycles. The van der Waals surface area contributed by atoms with Crippen LogP contribution in [0.3, 0.4) is 0 Å². The monoisotopic (exact) mass is 416 g/mol. The van der Waals surface area contributed by atoms with Crippen molar-refractivity contribution in [1.82, 2.24) is 23.6 Å². The second kappa shape index (κ2) is 8.79. The quantitative estimate of drug-likeness (QED) is 0.441. The second-order valence-corrected chi connectivity index (χ2v) is 6.02. The van der Waals surface area contributed by atoms with Gasteiger partial charge >= 0.3 is 0 Å². The highest BCUT2D eigenvalue weighted by molar-refractivity contribution is 7.92. The first-order valence-corrected chi connectivity index (χ1v) is 9.30. The van der Waals surface area contributed by atoms with Gasteiger partial charge in [0.05, 0.1) is 11.9 Å². The van der Waals surface area contributed by atoms with Gasteiger partial charge in [0.15, 0.2) is 12.3 Å². The maximum Gasteiger partial charge on any atom is 0.280 e. The summed E-state index contributed by atoms with van der Waals surface area (Å²) in [7, 11) is 0. The zero-order chi connectivity index (χ0) is 21.0. The molecule has 0 amide bonds. The highest BCUT2D eigenvalue weighted by Gasteiger charge is 2.18. The molecular formula is C19H15F3N6S. The topological polar surface area (TPSA) is 71.8 Å². The lowest BCUT2D eigenvalue weighted by atomic mass is 10.1. The van der Waals surface area contributed by atoms with E-state index in [0.717, 1.165) is 4.09 Å². The van der Waals surface area contributed by atoms with Crippen LogP contribution in [-0.4, -0.2) is 23.6 Å². The zero-order valence-corrected chi connectivity index (χ0v) is 16.2. The Morgan fingerprint density at radius 3 is 2.62 bits per heavy atom. The summed E-state index contributed by atoms with van der Waals surface area (Å²) in [6.45, 7) is 4.00. The summed E-state index contributed by atoms with van der Waals surface area (Å²) >= 11 is -0.125. The number of nitrogens with zero attached hydrogens (tertiary/aromatic N) is 6. The Morgan fingerprint density at radius 2 is 1.93 bits per heavy atom. The maximum absolute atomic E-state index is 13.1. The molecule has 0 radical (unpaired) electrons. The largest absolute Gasteiger partial charge is 0.291 e. The van der Waals surface area contributed by atoms with Gasteiger partial charge in [-0.2, -0.15) is 14.4 Å². The number of rotatable bonds is 4. The van der Waals surface area contributed by atoms with E-state index in [1.54, 1.807) is 22.7 Å². The summed E-state index contributed by atoms with van der Waals surface area (Å²) in [5, 5.41) is 13.3. The second-order valence-electron chi connectivity index (χ2n) is 5.51. The number of hydrogen-bond donors (Lipinski definition) is 0. The molecule has 0 aromatic carbocycles. The van der Waals surface area contributed by atoms with E-state index in [1.165, 1.54) is 30.6 Å². The van der Waals surface area contributed by atoms with Crippen LogP contribution in [0.1, 0.15) is 31.7 Å². The lowest BCUT2D eigenvalue weighted by Gasteiger charge is -2.05. The third-order valence-corrected chi connectivity index (χ3v) is 4.26. The molecule has 29 heavy (non-hydrogen) atoms. The Hall–Kier alpha value is -3.32. The van der Waals surface area contributed by atoms with E-state index in [-0.39, 0.29) is 23.7 Å². The standard InChI is InChI=1S/C17H9F3N6S.C2H6/c18-17(19)14-3-1-2-13(23-14)16-12(9-26(24-16)27-20)10-4-5-15-22-7-11(6-21)25(15)8-10;1-2/h1-5,7-9,17H;1-2H3. The number of aromatic nitrogens is 5. The van der Waals surface area contributed by atoms with Crippen molar-refractivity contribution in [2.45, 2.75) is 20.3 Å². The van der Waals surface area contributed by atoms with Gasteiger partial charge < -0.3 is 0 Å². The molecule has 0 fully saturated rings. The van der Waals surface area contributed by atoms with Crippen LogP contribution < -0.4 is 0 Å². The van der Waals surface area contributed by atoms with E-state index in [2.05, 4.69) is 15.1 Å². The van der Waals surface area contributed by atoms with Crippen molar-refractivity contribution in [3.63, 3.8) is 0 Å². The molecular weight excluding hydrogens is 401 g/mol. The van der Waals surface area contributed by atoms with Crippen LogP contribution in [0, 0.1) is 11.3 Å². The van der Waals surface area contributed by atoms with Crippen molar-refractivity contribution >= 4 is 18.0 Å². The Balaban J connectivity index is 0.00000117. The fourth-order valence-electron chi connectivity index (χ4n) is 2.72. The average Bonchev–Trinajstić information content (AvgIpc) is 3.38. The first-order valence-electron chi connectivity index (χ1n) is 8.62. The summed E-state index contributed by atoms with van der Waals surface area (Å²) in [4.78, 5) is 8.05. The van der Waals surface area contributed by atoms with Crippen LogP contribution in [-0.2, 0) is 0 Å². The normalized spacial score (nSPS) is 10.7. The molecule has 0 atom stereocenters. The van der Waals surface area contributed by atoms with Crippen molar-refractivity contribution < 1.29 is 12.7 Å². The van der Waals surface area contributed by atoms with Crippen molar-refractivity contribution in [1.29, 1.82) is 5.26 Å². The molecule has 4 aromatic rings. The highest BCUT2D eigenvalue weighted by atomic mass is 32.2. The molecule has 0 aliphatic rings. The van der Waals surface area contributed by atoms with Gasteiger partial charge in [-0.3, -0.25) is 4.40 Å². The van der Waals surface area contributed by atoms with E-state index >= 15 is 0 Å². The minimum atomic E-state index is -2.73. The summed E-state index contributed by atoms with van der Waals surface area (Å²) in [5.74, 6) is 0. The molecule has 0 spiro atoms. The molecule has 4 aromatic heterocycles. The predicted molar refractivity (Wildman–Crippen MR) is 105 cm³/mol. The van der Waals surface area contributed by atoms with E-state index in [1.807, 2.05) is 19.9 Å². The van der Waals surface area contributed by atoms with Crippen molar-refractivity contribution in [3.05, 3.63) is 60.3 Å². The van der Waals surface area contributed by atoms with Crippen molar-refractivity contribution in [2.75, 3.05) is 0 Å². The van der Waals surface area contributed by atoms with Crippen LogP contribution in [0.25, 0.3) is 28.2 Å². The van der Waals surface area contributed by atoms with Gasteiger partial charge in [-0.1, -0.05) is 19.9 Å². The average molecular weight is 416 g/mol. The van der Waals surface area contributed by atoms with Gasteiger partial charge in [-0.25, -0.2) is 18.7 Å². The van der Waals surface area contributed by atoms with Gasteiger partial charge in [0.1, 0.15) is 28.8 Å². The highest BCUT2D eigenvalue weighted by Crippen LogP contribution is 2.32. The molecule has 0 N–H and O–H groups in total. The first kappa shape index (κ1) is 20.4. The summed E-state index contributed by atoms with van der Waals surface area (Å²) < 4.78 is 41.6. The molecule has 10 heteroatoms. The number of pyridine rings is 2. The van der Waals surface area contributed by atoms with Crippen LogP contribution in [0.5, 0.6) is 0 Å². The fourth-order valence-corrected chi connectivity index (χ4v) is 2.97. The molecule has 148 valence electrons. The van der Waals surface area contributed by atoms with Crippen LogP contribution in [0.2, 0.25) is 0 Å². The minimum absolute atomic E-state index is 0.125. The molecule has 0 saturated heterocycles. The maximum atomic E-state index is 13.1. The number of halogens is 3. The Kier molecular flexibility index (Phi) is 6.19. The fraction of sp³-hybridized carbons (Fsp3) is 0.158. The van der Waals surface area contributed by atoms with Gasteiger partial charge in [0, 0.05) is 23.5 Å². The van der Waals surface area contributed by atoms with Crippen LogP contribution >= 0.6 is 12.3 Å². The van der Waals surface area contributed by atoms with Crippen molar-refractivity contribution in [2.24, 2.45) is 0 Å². The number of fused-ring (bicyclic) bond motifs is 1. The number of imidazole rings is 1.